The molecule has 0 aromatic heterocycles. The molecule has 0 saturated heterocycles. The van der Waals surface area contributed by atoms with Gasteiger partial charge in [-0.25, -0.2) is 9.05 Å². The third-order valence-electron chi connectivity index (χ3n) is 0.654. The van der Waals surface area contributed by atoms with Gasteiger partial charge in [0, 0.05) is 0 Å². The summed E-state index contributed by atoms with van der Waals surface area (Å²) >= 11 is 0. The Labute approximate surface area is 81.6 Å². The van der Waals surface area contributed by atoms with Gasteiger partial charge in [-0.15, -0.1) is 32.9 Å². The summed E-state index contributed by atoms with van der Waals surface area (Å²) in [6.45, 7) is 2.48. The Kier molecular flexibility index (Phi) is 5.50. The van der Waals surface area contributed by atoms with Crippen molar-refractivity contribution in [2.45, 2.75) is 12.7 Å². The minimum absolute atomic E-state index is 0.558. The van der Waals surface area contributed by atoms with E-state index in [1.54, 1.807) is 0 Å². The van der Waals surface area contributed by atoms with Crippen LogP contribution in [-0.2, 0) is 13.6 Å². The van der Waals surface area contributed by atoms with Crippen LogP contribution in [0.25, 0.3) is 0 Å². The highest BCUT2D eigenvalue weighted by Gasteiger charge is 2.42. The van der Waals surface area contributed by atoms with Crippen LogP contribution in [-0.4, -0.2) is 19.3 Å². The topological polar surface area (TPSA) is 27.7 Å². The minimum atomic E-state index is -5.27. The van der Waals surface area contributed by atoms with Crippen LogP contribution < -0.4 is 0 Å². The van der Waals surface area contributed by atoms with E-state index < -0.39 is 27.9 Å². The van der Waals surface area contributed by atoms with Gasteiger partial charge in [0.1, 0.15) is 0 Å². The standard InChI is InChI=1S/C5H5F6O3P/c1-2-3-12-15(13-4(6,7)8)14-5(9,10)11/h2H,1,3H2. The van der Waals surface area contributed by atoms with Gasteiger partial charge in [-0.2, -0.15) is 0 Å². The summed E-state index contributed by atoms with van der Waals surface area (Å²) in [5, 5.41) is 0. The minimum Gasteiger partial charge on any atom is -0.308 e. The van der Waals surface area contributed by atoms with E-state index in [0.717, 1.165) is 6.08 Å². The first kappa shape index (κ1) is 14.6. The highest BCUT2D eigenvalue weighted by Crippen LogP contribution is 2.49. The quantitative estimate of drug-likeness (QED) is 0.429. The Morgan fingerprint density at radius 1 is 1.00 bits per heavy atom. The molecule has 0 amide bonds. The molecule has 0 unspecified atom stereocenters. The lowest BCUT2D eigenvalue weighted by molar-refractivity contribution is -0.308. The van der Waals surface area contributed by atoms with Gasteiger partial charge in [-0.3, -0.25) is 0 Å². The summed E-state index contributed by atoms with van der Waals surface area (Å²) in [5.41, 5.74) is 0. The van der Waals surface area contributed by atoms with E-state index >= 15 is 0 Å². The molecule has 0 aliphatic rings. The summed E-state index contributed by atoms with van der Waals surface area (Å²) in [7, 11) is -3.56. The van der Waals surface area contributed by atoms with E-state index in [1.165, 1.54) is 0 Å². The molecule has 0 aliphatic carbocycles. The largest absolute Gasteiger partial charge is 0.529 e. The lowest BCUT2D eigenvalue weighted by atomic mass is 10.7. The van der Waals surface area contributed by atoms with Gasteiger partial charge in [0.15, 0.2) is 0 Å². The second-order valence-corrected chi connectivity index (χ2v) is 2.95. The zero-order valence-electron chi connectivity index (χ0n) is 6.93. The number of alkyl halides is 6. The fraction of sp³-hybridized carbons (Fsp3) is 0.600. The molecule has 0 aliphatic heterocycles. The summed E-state index contributed by atoms with van der Waals surface area (Å²) < 4.78 is 79.2. The SMILES string of the molecule is C=CCOP(OC(F)(F)F)OC(F)(F)F. The lowest BCUT2D eigenvalue weighted by Crippen LogP contribution is -2.17. The maximum absolute atomic E-state index is 11.5. The van der Waals surface area contributed by atoms with Gasteiger partial charge >= 0.3 is 21.3 Å². The number of rotatable bonds is 5. The first-order chi connectivity index (χ1) is 6.64. The molecule has 15 heavy (non-hydrogen) atoms. The Morgan fingerprint density at radius 3 is 1.67 bits per heavy atom. The normalized spacial score (nSPS) is 13.3. The Hall–Kier alpha value is -0.370. The van der Waals surface area contributed by atoms with Crippen LogP contribution in [0.1, 0.15) is 0 Å². The first-order valence-electron chi connectivity index (χ1n) is 3.20. The third kappa shape index (κ3) is 9.92. The molecule has 0 spiro atoms. The third-order valence-corrected chi connectivity index (χ3v) is 1.73. The van der Waals surface area contributed by atoms with Crippen LogP contribution in [0.15, 0.2) is 12.7 Å². The molecule has 0 radical (unpaired) electrons. The molecule has 0 saturated carbocycles. The van der Waals surface area contributed by atoms with E-state index in [2.05, 4.69) is 20.2 Å². The average molecular weight is 258 g/mol. The van der Waals surface area contributed by atoms with Crippen molar-refractivity contribution in [1.29, 1.82) is 0 Å². The summed E-state index contributed by atoms with van der Waals surface area (Å²) in [6, 6.07) is 0. The monoisotopic (exact) mass is 258 g/mol. The Morgan fingerprint density at radius 2 is 1.40 bits per heavy atom. The molecule has 0 fully saturated rings. The molecular weight excluding hydrogens is 253 g/mol. The molecule has 0 rings (SSSR count). The zero-order chi connectivity index (χ0) is 12.1. The fourth-order valence-corrected chi connectivity index (χ4v) is 1.06. The maximum atomic E-state index is 11.5. The van der Waals surface area contributed by atoms with Crippen molar-refractivity contribution in [3.05, 3.63) is 12.7 Å². The molecule has 3 nitrogen and oxygen atoms in total. The van der Waals surface area contributed by atoms with E-state index in [4.69, 9.17) is 0 Å². The van der Waals surface area contributed by atoms with Gasteiger partial charge < -0.3 is 4.52 Å². The van der Waals surface area contributed by atoms with Gasteiger partial charge in [0.2, 0.25) is 0 Å². The van der Waals surface area contributed by atoms with Crippen LogP contribution in [0, 0.1) is 0 Å². The molecule has 0 heterocycles. The highest BCUT2D eigenvalue weighted by atomic mass is 31.2. The predicted molar refractivity (Wildman–Crippen MR) is 37.3 cm³/mol. The molecule has 0 bridgehead atoms. The first-order valence-corrected chi connectivity index (χ1v) is 4.29. The molecule has 0 aromatic carbocycles. The van der Waals surface area contributed by atoms with E-state index in [0.29, 0.717) is 0 Å². The van der Waals surface area contributed by atoms with E-state index in [-0.39, 0.29) is 0 Å². The number of halogens is 6. The fourth-order valence-electron chi connectivity index (χ4n) is 0.354. The van der Waals surface area contributed by atoms with Crippen molar-refractivity contribution in [1.82, 2.24) is 0 Å². The summed E-state index contributed by atoms with van der Waals surface area (Å²) in [6.07, 6.45) is -9.58. The van der Waals surface area contributed by atoms with E-state index in [1.807, 2.05) is 0 Å². The second kappa shape index (κ2) is 5.64. The van der Waals surface area contributed by atoms with Crippen molar-refractivity contribution in [2.75, 3.05) is 6.61 Å². The molecule has 0 aromatic rings. The van der Waals surface area contributed by atoms with Crippen LogP contribution >= 0.6 is 8.60 Å². The predicted octanol–water partition coefficient (Wildman–Crippen LogP) is 3.49. The molecular formula is C5H5F6O3P. The molecule has 10 heteroatoms. The van der Waals surface area contributed by atoms with Crippen molar-refractivity contribution in [3.8, 4) is 0 Å². The van der Waals surface area contributed by atoms with E-state index in [9.17, 15) is 26.3 Å². The van der Waals surface area contributed by atoms with Gasteiger partial charge in [-0.05, 0) is 0 Å². The zero-order valence-corrected chi connectivity index (χ0v) is 7.83. The van der Waals surface area contributed by atoms with Crippen molar-refractivity contribution in [3.63, 3.8) is 0 Å². The number of hydrogen-bond donors (Lipinski definition) is 0. The Bertz CT molecular complexity index is 186. The molecule has 0 atom stereocenters. The van der Waals surface area contributed by atoms with Gasteiger partial charge in [-0.1, -0.05) is 6.08 Å². The molecule has 90 valence electrons. The highest BCUT2D eigenvalue weighted by molar-refractivity contribution is 7.41. The average Bonchev–Trinajstić information content (AvgIpc) is 1.94. The van der Waals surface area contributed by atoms with Crippen molar-refractivity contribution in [2.24, 2.45) is 0 Å². The summed E-state index contributed by atoms with van der Waals surface area (Å²) in [4.78, 5) is 0. The van der Waals surface area contributed by atoms with Crippen molar-refractivity contribution >= 4 is 8.60 Å². The summed E-state index contributed by atoms with van der Waals surface area (Å²) in [5.74, 6) is 0. The Balaban J connectivity index is 4.25. The lowest BCUT2D eigenvalue weighted by Gasteiger charge is -2.17. The van der Waals surface area contributed by atoms with Crippen LogP contribution in [0.2, 0.25) is 0 Å². The van der Waals surface area contributed by atoms with Crippen molar-refractivity contribution < 1.29 is 39.9 Å². The van der Waals surface area contributed by atoms with Gasteiger partial charge in [0.25, 0.3) is 0 Å². The second-order valence-electron chi connectivity index (χ2n) is 1.88. The van der Waals surface area contributed by atoms with Crippen LogP contribution in [0.4, 0.5) is 26.3 Å². The number of hydrogen-bond acceptors (Lipinski definition) is 3. The van der Waals surface area contributed by atoms with Gasteiger partial charge in [0.05, 0.1) is 6.61 Å². The van der Waals surface area contributed by atoms with Crippen LogP contribution in [0.3, 0.4) is 0 Å². The van der Waals surface area contributed by atoms with Crippen LogP contribution in [0.5, 0.6) is 0 Å². The maximum Gasteiger partial charge on any atom is 0.529 e. The molecule has 0 N–H and O–H groups in total. The smallest absolute Gasteiger partial charge is 0.308 e.